The van der Waals surface area contributed by atoms with Gasteiger partial charge in [-0.3, -0.25) is 0 Å². The Bertz CT molecular complexity index is 249. The van der Waals surface area contributed by atoms with Crippen LogP contribution in [-0.2, 0) is 6.42 Å². The zero-order valence-corrected chi connectivity index (χ0v) is 8.16. The lowest BCUT2D eigenvalue weighted by Gasteiger charge is -2.22. The molecule has 0 aliphatic heterocycles. The number of hydrogen-bond acceptors (Lipinski definition) is 3. The molecule has 0 fully saturated rings. The van der Waals surface area contributed by atoms with Crippen LogP contribution in [-0.4, -0.2) is 42.3 Å². The van der Waals surface area contributed by atoms with Crippen molar-refractivity contribution in [3.8, 4) is 0 Å². The topological polar surface area (TPSA) is 38.9 Å². The van der Waals surface area contributed by atoms with E-state index in [1.807, 2.05) is 6.92 Å². The van der Waals surface area contributed by atoms with Crippen LogP contribution in [0.2, 0.25) is 0 Å². The molecular weight excluding hydrogens is 154 g/mol. The van der Waals surface area contributed by atoms with Gasteiger partial charge in [-0.05, 0) is 6.92 Å². The molecule has 4 nitrogen and oxygen atoms in total. The van der Waals surface area contributed by atoms with Crippen LogP contribution < -0.4 is 0 Å². The highest BCUT2D eigenvalue weighted by atomic mass is 16.5. The highest BCUT2D eigenvalue weighted by molar-refractivity contribution is 4.82. The van der Waals surface area contributed by atoms with Crippen molar-refractivity contribution >= 4 is 0 Å². The van der Waals surface area contributed by atoms with E-state index in [1.54, 1.807) is 0 Å². The van der Waals surface area contributed by atoms with E-state index in [-0.39, 0.29) is 0 Å². The molecule has 0 spiro atoms. The molecule has 0 N–H and O–H groups in total. The van der Waals surface area contributed by atoms with Gasteiger partial charge >= 0.3 is 0 Å². The first kappa shape index (κ1) is 9.19. The summed E-state index contributed by atoms with van der Waals surface area (Å²) in [6.45, 7) is 2.85. The van der Waals surface area contributed by atoms with E-state index < -0.39 is 0 Å². The molecule has 0 radical (unpaired) electrons. The van der Waals surface area contributed by atoms with Gasteiger partial charge in [0, 0.05) is 0 Å². The standard InChI is InChI=1S/C8H16N3O/c1-7-9-8(12-10-7)5-6-11(2,3)4/h5-6H2,1-4H3/q+1. The van der Waals surface area contributed by atoms with Crippen molar-refractivity contribution in [3.63, 3.8) is 0 Å². The SMILES string of the molecule is Cc1noc(CC[N+](C)(C)C)n1. The van der Waals surface area contributed by atoms with Gasteiger partial charge < -0.3 is 9.01 Å². The maximum atomic E-state index is 4.99. The molecule has 12 heavy (non-hydrogen) atoms. The van der Waals surface area contributed by atoms with Crippen LogP contribution in [0.4, 0.5) is 0 Å². The Morgan fingerprint density at radius 3 is 2.42 bits per heavy atom. The van der Waals surface area contributed by atoms with Gasteiger partial charge in [-0.15, -0.1) is 0 Å². The number of quaternary nitrogens is 1. The van der Waals surface area contributed by atoms with Gasteiger partial charge in [0.05, 0.1) is 34.1 Å². The van der Waals surface area contributed by atoms with E-state index in [0.717, 1.165) is 23.3 Å². The Hall–Kier alpha value is -0.900. The molecule has 0 aliphatic rings. The number of aromatic nitrogens is 2. The second-order valence-corrected chi connectivity index (χ2v) is 4.00. The molecule has 0 unspecified atom stereocenters. The molecule has 0 atom stereocenters. The normalized spacial score (nSPS) is 12.0. The van der Waals surface area contributed by atoms with E-state index >= 15 is 0 Å². The van der Waals surface area contributed by atoms with Gasteiger partial charge in [-0.25, -0.2) is 0 Å². The smallest absolute Gasteiger partial charge is 0.232 e. The van der Waals surface area contributed by atoms with Crippen LogP contribution in [0.25, 0.3) is 0 Å². The van der Waals surface area contributed by atoms with Crippen LogP contribution in [0.3, 0.4) is 0 Å². The van der Waals surface area contributed by atoms with Crippen LogP contribution in [0, 0.1) is 6.92 Å². The molecule has 0 aromatic carbocycles. The second-order valence-electron chi connectivity index (χ2n) is 4.00. The molecule has 4 heteroatoms. The van der Waals surface area contributed by atoms with Crippen molar-refractivity contribution in [2.75, 3.05) is 27.7 Å². The van der Waals surface area contributed by atoms with E-state index in [2.05, 4.69) is 31.3 Å². The average Bonchev–Trinajstić information content (AvgIpc) is 2.30. The van der Waals surface area contributed by atoms with Crippen molar-refractivity contribution in [3.05, 3.63) is 11.7 Å². The van der Waals surface area contributed by atoms with E-state index in [0.29, 0.717) is 5.82 Å². The third-order valence-corrected chi connectivity index (χ3v) is 1.57. The fraction of sp³-hybridized carbons (Fsp3) is 0.750. The number of aryl methyl sites for hydroxylation is 1. The summed E-state index contributed by atoms with van der Waals surface area (Å²) >= 11 is 0. The van der Waals surface area contributed by atoms with Crippen molar-refractivity contribution in [2.24, 2.45) is 0 Å². The zero-order valence-electron chi connectivity index (χ0n) is 8.16. The molecule has 68 valence electrons. The maximum absolute atomic E-state index is 4.99. The van der Waals surface area contributed by atoms with Gasteiger partial charge in [-0.2, -0.15) is 4.98 Å². The Morgan fingerprint density at radius 2 is 2.00 bits per heavy atom. The molecule has 0 aliphatic carbocycles. The highest BCUT2D eigenvalue weighted by Crippen LogP contribution is 2.00. The molecule has 0 amide bonds. The minimum Gasteiger partial charge on any atom is -0.339 e. The number of hydrogen-bond donors (Lipinski definition) is 0. The fourth-order valence-corrected chi connectivity index (χ4v) is 0.873. The molecule has 1 aromatic rings. The molecule has 0 saturated carbocycles. The van der Waals surface area contributed by atoms with Crippen LogP contribution in [0.5, 0.6) is 0 Å². The summed E-state index contributed by atoms with van der Waals surface area (Å²) in [4.78, 5) is 4.13. The van der Waals surface area contributed by atoms with Crippen LogP contribution in [0.15, 0.2) is 4.52 Å². The molecular formula is C8H16N3O+. The first-order valence-electron chi connectivity index (χ1n) is 4.07. The predicted octanol–water partition coefficient (Wildman–Crippen LogP) is 0.627. The Morgan fingerprint density at radius 1 is 1.33 bits per heavy atom. The molecule has 0 bridgehead atoms. The first-order valence-corrected chi connectivity index (χ1v) is 4.07. The first-order chi connectivity index (χ1) is 5.47. The van der Waals surface area contributed by atoms with Gasteiger partial charge in [0.2, 0.25) is 5.89 Å². The number of rotatable bonds is 3. The van der Waals surface area contributed by atoms with Crippen molar-refractivity contribution < 1.29 is 9.01 Å². The molecule has 0 saturated heterocycles. The second kappa shape index (κ2) is 3.23. The Balaban J connectivity index is 2.44. The molecule has 1 aromatic heterocycles. The quantitative estimate of drug-likeness (QED) is 0.624. The minimum absolute atomic E-state index is 0.714. The van der Waals surface area contributed by atoms with Crippen molar-refractivity contribution in [1.29, 1.82) is 0 Å². The summed E-state index contributed by atoms with van der Waals surface area (Å²) in [6, 6.07) is 0. The van der Waals surface area contributed by atoms with E-state index in [1.165, 1.54) is 0 Å². The van der Waals surface area contributed by atoms with Gasteiger partial charge in [0.15, 0.2) is 5.82 Å². The fourth-order valence-electron chi connectivity index (χ4n) is 0.873. The Kier molecular flexibility index (Phi) is 2.47. The summed E-state index contributed by atoms with van der Waals surface area (Å²) in [5.41, 5.74) is 0. The summed E-state index contributed by atoms with van der Waals surface area (Å²) in [7, 11) is 6.43. The minimum atomic E-state index is 0.714. The highest BCUT2D eigenvalue weighted by Gasteiger charge is 2.10. The summed E-state index contributed by atoms with van der Waals surface area (Å²) < 4.78 is 5.91. The zero-order chi connectivity index (χ0) is 9.19. The lowest BCUT2D eigenvalue weighted by molar-refractivity contribution is -0.870. The average molecular weight is 170 g/mol. The summed E-state index contributed by atoms with van der Waals surface area (Å²) in [6.07, 6.45) is 0.852. The number of likely N-dealkylation sites (N-methyl/N-ethyl adjacent to an activating group) is 1. The van der Waals surface area contributed by atoms with Crippen molar-refractivity contribution in [2.45, 2.75) is 13.3 Å². The molecule has 1 rings (SSSR count). The maximum Gasteiger partial charge on any atom is 0.232 e. The van der Waals surface area contributed by atoms with Crippen molar-refractivity contribution in [1.82, 2.24) is 10.1 Å². The third kappa shape index (κ3) is 3.00. The molecule has 1 heterocycles. The predicted molar refractivity (Wildman–Crippen MR) is 45.6 cm³/mol. The van der Waals surface area contributed by atoms with E-state index in [4.69, 9.17) is 4.52 Å². The lowest BCUT2D eigenvalue weighted by Crippen LogP contribution is -2.36. The van der Waals surface area contributed by atoms with Crippen LogP contribution >= 0.6 is 0 Å². The Labute approximate surface area is 72.8 Å². The summed E-state index contributed by atoms with van der Waals surface area (Å²) in [5, 5.41) is 3.72. The number of nitrogens with zero attached hydrogens (tertiary/aromatic N) is 3. The van der Waals surface area contributed by atoms with Gasteiger partial charge in [0.1, 0.15) is 0 Å². The van der Waals surface area contributed by atoms with Crippen LogP contribution in [0.1, 0.15) is 11.7 Å². The van der Waals surface area contributed by atoms with Gasteiger partial charge in [-0.1, -0.05) is 5.16 Å². The van der Waals surface area contributed by atoms with Gasteiger partial charge in [0.25, 0.3) is 0 Å². The third-order valence-electron chi connectivity index (χ3n) is 1.57. The monoisotopic (exact) mass is 170 g/mol. The summed E-state index contributed by atoms with van der Waals surface area (Å²) in [5.74, 6) is 1.45. The van der Waals surface area contributed by atoms with E-state index in [9.17, 15) is 0 Å². The lowest BCUT2D eigenvalue weighted by atomic mass is 10.4. The largest absolute Gasteiger partial charge is 0.339 e.